The van der Waals surface area contributed by atoms with Crippen LogP contribution in [0.3, 0.4) is 0 Å². The Labute approximate surface area is 179 Å². The number of aliphatic hydroxyl groups is 1. The second kappa shape index (κ2) is 18.8. The van der Waals surface area contributed by atoms with E-state index in [0.29, 0.717) is 25.7 Å². The molecule has 0 spiro atoms. The van der Waals surface area contributed by atoms with Gasteiger partial charge in [0.25, 0.3) is 0 Å². The van der Waals surface area contributed by atoms with Crippen LogP contribution in [0.25, 0.3) is 0 Å². The summed E-state index contributed by atoms with van der Waals surface area (Å²) >= 11 is 0. The van der Waals surface area contributed by atoms with Crippen LogP contribution in [0.4, 0.5) is 0 Å². The number of rotatable bonds is 20. The van der Waals surface area contributed by atoms with Crippen LogP contribution in [0.1, 0.15) is 123 Å². The molecule has 1 N–H and O–H groups in total. The molecule has 0 heterocycles. The Kier molecular flexibility index (Phi) is 18.1. The van der Waals surface area contributed by atoms with Crippen LogP contribution < -0.4 is 0 Å². The lowest BCUT2D eigenvalue weighted by atomic mass is 9.85. The number of unbranched alkanes of at least 4 members (excludes halogenated alkanes) is 10. The Balaban J connectivity index is 4.18. The number of carbonyl (C=O) groups is 2. The van der Waals surface area contributed by atoms with E-state index in [0.717, 1.165) is 83.5 Å². The molecule has 4 nitrogen and oxygen atoms in total. The minimum atomic E-state index is -1.17. The molecule has 0 rings (SSSR count). The summed E-state index contributed by atoms with van der Waals surface area (Å²) in [6, 6.07) is 0. The standard InChI is InChI=1S/C25H46O4/c1-4-6-8-17-21-25(28,23(26)19-15-7-5-2)22-18-14-12-10-9-11-13-16-20-24(27)29-3/h14,18,28H,4-13,15-17,19-22H2,1-3H3/b18-14-/t25-/m1/s1. The third-order valence-corrected chi connectivity index (χ3v) is 5.57. The van der Waals surface area contributed by atoms with Crippen molar-refractivity contribution in [2.75, 3.05) is 7.11 Å². The van der Waals surface area contributed by atoms with E-state index in [-0.39, 0.29) is 11.8 Å². The van der Waals surface area contributed by atoms with Crippen molar-refractivity contribution in [3.8, 4) is 0 Å². The topological polar surface area (TPSA) is 63.6 Å². The molecule has 1 atom stereocenters. The number of hydrogen-bond acceptors (Lipinski definition) is 4. The second-order valence-corrected chi connectivity index (χ2v) is 8.28. The normalized spacial score (nSPS) is 13.5. The van der Waals surface area contributed by atoms with E-state index >= 15 is 0 Å². The van der Waals surface area contributed by atoms with Crippen molar-refractivity contribution in [3.63, 3.8) is 0 Å². The third-order valence-electron chi connectivity index (χ3n) is 5.57. The zero-order chi connectivity index (χ0) is 21.8. The predicted molar refractivity (Wildman–Crippen MR) is 121 cm³/mol. The summed E-state index contributed by atoms with van der Waals surface area (Å²) in [6.45, 7) is 4.30. The van der Waals surface area contributed by atoms with Crippen LogP contribution in [0, 0.1) is 0 Å². The van der Waals surface area contributed by atoms with Crippen molar-refractivity contribution in [1.29, 1.82) is 0 Å². The minimum absolute atomic E-state index is 0.0257. The molecule has 170 valence electrons. The van der Waals surface area contributed by atoms with Gasteiger partial charge in [0.05, 0.1) is 7.11 Å². The molecule has 0 radical (unpaired) electrons. The molecule has 0 aliphatic heterocycles. The Bertz CT molecular complexity index is 444. The maximum atomic E-state index is 12.6. The number of hydrogen-bond donors (Lipinski definition) is 1. The summed E-state index contributed by atoms with van der Waals surface area (Å²) in [6.07, 6.45) is 19.8. The maximum Gasteiger partial charge on any atom is 0.305 e. The van der Waals surface area contributed by atoms with E-state index in [1.807, 2.05) is 6.08 Å². The summed E-state index contributed by atoms with van der Waals surface area (Å²) in [5.74, 6) is -0.0999. The van der Waals surface area contributed by atoms with Gasteiger partial charge >= 0.3 is 5.97 Å². The Morgan fingerprint density at radius 3 is 2.07 bits per heavy atom. The highest BCUT2D eigenvalue weighted by atomic mass is 16.5. The quantitative estimate of drug-likeness (QED) is 0.138. The van der Waals surface area contributed by atoms with Crippen molar-refractivity contribution >= 4 is 11.8 Å². The molecule has 0 aromatic carbocycles. The van der Waals surface area contributed by atoms with Gasteiger partial charge in [0.15, 0.2) is 5.78 Å². The molecule has 0 aliphatic rings. The Hall–Kier alpha value is -1.16. The van der Waals surface area contributed by atoms with E-state index in [1.165, 1.54) is 7.11 Å². The Morgan fingerprint density at radius 1 is 0.793 bits per heavy atom. The fourth-order valence-electron chi connectivity index (χ4n) is 3.53. The number of allylic oxidation sites excluding steroid dienone is 1. The summed E-state index contributed by atoms with van der Waals surface area (Å²) in [5, 5.41) is 11.0. The maximum absolute atomic E-state index is 12.6. The molecule has 0 saturated heterocycles. The molecule has 0 bridgehead atoms. The zero-order valence-electron chi connectivity index (χ0n) is 19.3. The molecular weight excluding hydrogens is 364 g/mol. The fourth-order valence-corrected chi connectivity index (χ4v) is 3.53. The third kappa shape index (κ3) is 15.4. The zero-order valence-corrected chi connectivity index (χ0v) is 19.3. The van der Waals surface area contributed by atoms with Gasteiger partial charge < -0.3 is 9.84 Å². The van der Waals surface area contributed by atoms with Gasteiger partial charge in [0.2, 0.25) is 0 Å². The van der Waals surface area contributed by atoms with E-state index in [1.54, 1.807) is 0 Å². The number of esters is 1. The van der Waals surface area contributed by atoms with Gasteiger partial charge in [-0.3, -0.25) is 9.59 Å². The molecule has 0 saturated carbocycles. The SMILES string of the molecule is CCCCCC[C@@](O)(C/C=C\CCCCCCCC(=O)OC)C(=O)CCCCC. The highest BCUT2D eigenvalue weighted by Gasteiger charge is 2.32. The molecule has 4 heteroatoms. The molecule has 0 fully saturated rings. The second-order valence-electron chi connectivity index (χ2n) is 8.28. The average Bonchev–Trinajstić information content (AvgIpc) is 2.72. The van der Waals surface area contributed by atoms with Crippen LogP contribution >= 0.6 is 0 Å². The van der Waals surface area contributed by atoms with E-state index in [2.05, 4.69) is 24.7 Å². The van der Waals surface area contributed by atoms with Crippen molar-refractivity contribution in [2.45, 2.75) is 129 Å². The Morgan fingerprint density at radius 2 is 1.38 bits per heavy atom. The van der Waals surface area contributed by atoms with E-state index < -0.39 is 5.60 Å². The number of ketones is 1. The molecule has 0 aliphatic carbocycles. The van der Waals surface area contributed by atoms with Crippen molar-refractivity contribution in [3.05, 3.63) is 12.2 Å². The minimum Gasteiger partial charge on any atom is -0.469 e. The van der Waals surface area contributed by atoms with Gasteiger partial charge in [-0.05, 0) is 32.1 Å². The molecule has 0 aromatic heterocycles. The van der Waals surface area contributed by atoms with Crippen LogP contribution in [-0.2, 0) is 14.3 Å². The van der Waals surface area contributed by atoms with Crippen molar-refractivity contribution in [1.82, 2.24) is 0 Å². The predicted octanol–water partition coefficient (Wildman–Crippen LogP) is 6.69. The highest BCUT2D eigenvalue weighted by Crippen LogP contribution is 2.24. The van der Waals surface area contributed by atoms with Gasteiger partial charge in [-0.2, -0.15) is 0 Å². The first-order valence-electron chi connectivity index (χ1n) is 12.0. The summed E-state index contributed by atoms with van der Waals surface area (Å²) in [7, 11) is 1.43. The molecular formula is C25H46O4. The lowest BCUT2D eigenvalue weighted by molar-refractivity contribution is -0.140. The van der Waals surface area contributed by atoms with Gasteiger partial charge in [-0.1, -0.05) is 83.8 Å². The van der Waals surface area contributed by atoms with Gasteiger partial charge in [0.1, 0.15) is 5.60 Å². The first-order chi connectivity index (χ1) is 14.0. The van der Waals surface area contributed by atoms with Gasteiger partial charge in [-0.15, -0.1) is 0 Å². The summed E-state index contributed by atoms with van der Waals surface area (Å²) in [4.78, 5) is 23.7. The molecule has 0 amide bonds. The van der Waals surface area contributed by atoms with Gasteiger partial charge in [-0.25, -0.2) is 0 Å². The van der Waals surface area contributed by atoms with Crippen LogP contribution in [0.15, 0.2) is 12.2 Å². The largest absolute Gasteiger partial charge is 0.469 e. The first kappa shape index (κ1) is 27.8. The number of Topliss-reactive ketones (excluding diaryl/α,β-unsaturated/α-hetero) is 1. The van der Waals surface area contributed by atoms with Crippen LogP contribution in [0.5, 0.6) is 0 Å². The number of methoxy groups -OCH3 is 1. The summed E-state index contributed by atoms with van der Waals surface area (Å²) < 4.78 is 4.64. The first-order valence-corrected chi connectivity index (χ1v) is 12.0. The lowest BCUT2D eigenvalue weighted by Gasteiger charge is -2.25. The summed E-state index contributed by atoms with van der Waals surface area (Å²) in [5.41, 5.74) is -1.17. The van der Waals surface area contributed by atoms with Crippen molar-refractivity contribution < 1.29 is 19.4 Å². The molecule has 0 aromatic rings. The highest BCUT2D eigenvalue weighted by molar-refractivity contribution is 5.87. The van der Waals surface area contributed by atoms with Gasteiger partial charge in [0, 0.05) is 19.3 Å². The van der Waals surface area contributed by atoms with Crippen LogP contribution in [-0.4, -0.2) is 29.6 Å². The molecule has 29 heavy (non-hydrogen) atoms. The monoisotopic (exact) mass is 410 g/mol. The van der Waals surface area contributed by atoms with E-state index in [4.69, 9.17) is 0 Å². The van der Waals surface area contributed by atoms with Crippen LogP contribution in [0.2, 0.25) is 0 Å². The van der Waals surface area contributed by atoms with Crippen molar-refractivity contribution in [2.24, 2.45) is 0 Å². The average molecular weight is 411 g/mol. The fraction of sp³-hybridized carbons (Fsp3) is 0.840. The van der Waals surface area contributed by atoms with E-state index in [9.17, 15) is 14.7 Å². The number of carbonyl (C=O) groups excluding carboxylic acids is 2. The molecule has 0 unspecified atom stereocenters. The smallest absolute Gasteiger partial charge is 0.305 e. The number of ether oxygens (including phenoxy) is 1. The lowest BCUT2D eigenvalue weighted by Crippen LogP contribution is -2.38.